The van der Waals surface area contributed by atoms with E-state index in [-0.39, 0.29) is 0 Å². The molecule has 0 amide bonds. The van der Waals surface area contributed by atoms with E-state index in [1.54, 1.807) is 0 Å². The zero-order chi connectivity index (χ0) is 6.85. The first kappa shape index (κ1) is 5.94. The Bertz CT molecular complexity index is 170. The van der Waals surface area contributed by atoms with Crippen molar-refractivity contribution in [3.8, 4) is 0 Å². The van der Waals surface area contributed by atoms with E-state index >= 15 is 0 Å². The maximum atomic E-state index is 5.25. The fourth-order valence-electron chi connectivity index (χ4n) is 0.706. The number of hydrogen-bond donors (Lipinski definition) is 1. The maximum Gasteiger partial charge on any atom is 0.147 e. The van der Waals surface area contributed by atoms with Crippen LogP contribution >= 0.6 is 0 Å². The highest BCUT2D eigenvalue weighted by atomic mass is 15.6. The van der Waals surface area contributed by atoms with Crippen LogP contribution in [-0.2, 0) is 0 Å². The van der Waals surface area contributed by atoms with E-state index in [9.17, 15) is 0 Å². The van der Waals surface area contributed by atoms with E-state index in [2.05, 4.69) is 10.2 Å². The smallest absolute Gasteiger partial charge is 0.147 e. The predicted molar refractivity (Wildman–Crippen MR) is 31.9 cm³/mol. The molecule has 9 heavy (non-hydrogen) atoms. The third kappa shape index (κ3) is 1.35. The molecule has 0 aromatic carbocycles. The van der Waals surface area contributed by atoms with Gasteiger partial charge in [0.05, 0.1) is 10.2 Å². The van der Waals surface area contributed by atoms with Crippen LogP contribution in [0.5, 0.6) is 0 Å². The fraction of sp³-hybridized carbons (Fsp3) is 0.400. The zero-order valence-electron chi connectivity index (χ0n) is 5.50. The van der Waals surface area contributed by atoms with Crippen LogP contribution in [0.1, 0.15) is 11.4 Å². The highest BCUT2D eigenvalue weighted by molar-refractivity contribution is 4.99. The topological polar surface area (TPSA) is 55.7 Å². The van der Waals surface area contributed by atoms with E-state index in [0.717, 1.165) is 16.3 Å². The van der Waals surface area contributed by atoms with Crippen molar-refractivity contribution >= 4 is 0 Å². The second-order valence-corrected chi connectivity index (χ2v) is 1.95. The average Bonchev–Trinajstić information content (AvgIpc) is 1.59. The Morgan fingerprint density at radius 3 is 2.11 bits per heavy atom. The summed E-state index contributed by atoms with van der Waals surface area (Å²) in [6, 6.07) is 1.86. The molecule has 0 unspecified atom stereocenters. The van der Waals surface area contributed by atoms with Gasteiger partial charge in [-0.25, -0.2) is 0 Å². The normalized spacial score (nSPS) is 9.56. The van der Waals surface area contributed by atoms with Crippen molar-refractivity contribution in [1.29, 1.82) is 0 Å². The molecule has 0 aliphatic carbocycles. The van der Waals surface area contributed by atoms with E-state index < -0.39 is 0 Å². The summed E-state index contributed by atoms with van der Waals surface area (Å²) in [5.74, 6) is 5.25. The molecule has 1 aromatic heterocycles. The van der Waals surface area contributed by atoms with Crippen molar-refractivity contribution in [2.45, 2.75) is 13.8 Å². The Balaban J connectivity index is 3.17. The van der Waals surface area contributed by atoms with E-state index in [4.69, 9.17) is 5.84 Å². The first-order chi connectivity index (χ1) is 4.18. The SMILES string of the molecule is Cc1cc(C)n[n+](N)n1. The van der Waals surface area contributed by atoms with Crippen LogP contribution in [0.15, 0.2) is 6.07 Å². The molecule has 0 fully saturated rings. The Hall–Kier alpha value is -1.19. The lowest BCUT2D eigenvalue weighted by atomic mass is 10.4. The summed E-state index contributed by atoms with van der Waals surface area (Å²) in [5.41, 5.74) is 1.76. The molecule has 0 saturated heterocycles. The summed E-state index contributed by atoms with van der Waals surface area (Å²) < 4.78 is 0. The highest BCUT2D eigenvalue weighted by Gasteiger charge is 1.99. The summed E-state index contributed by atoms with van der Waals surface area (Å²) in [6.07, 6.45) is 0. The maximum absolute atomic E-state index is 5.25. The quantitative estimate of drug-likeness (QED) is 0.361. The van der Waals surface area contributed by atoms with Gasteiger partial charge >= 0.3 is 0 Å². The largest absolute Gasteiger partial charge is 0.154 e. The van der Waals surface area contributed by atoms with Gasteiger partial charge in [-0.15, -0.1) is 0 Å². The molecular formula is C5H9N4+. The van der Waals surface area contributed by atoms with Crippen LogP contribution in [0.2, 0.25) is 0 Å². The van der Waals surface area contributed by atoms with Crippen LogP contribution in [-0.4, -0.2) is 10.2 Å². The first-order valence-electron chi connectivity index (χ1n) is 2.68. The van der Waals surface area contributed by atoms with Gasteiger partial charge in [-0.3, -0.25) is 0 Å². The highest BCUT2D eigenvalue weighted by Crippen LogP contribution is 1.87. The van der Waals surface area contributed by atoms with Crippen molar-refractivity contribution in [1.82, 2.24) is 10.2 Å². The minimum absolute atomic E-state index is 0.880. The second kappa shape index (κ2) is 1.97. The number of aryl methyl sites for hydroxylation is 2. The van der Waals surface area contributed by atoms with Gasteiger partial charge in [0.2, 0.25) is 0 Å². The lowest BCUT2D eigenvalue weighted by molar-refractivity contribution is -0.758. The monoisotopic (exact) mass is 125 g/mol. The third-order valence-electron chi connectivity index (χ3n) is 0.938. The number of aromatic nitrogens is 3. The second-order valence-electron chi connectivity index (χ2n) is 1.95. The molecule has 0 aliphatic rings. The number of hydrogen-bond acceptors (Lipinski definition) is 3. The summed E-state index contributed by atoms with van der Waals surface area (Å²) in [7, 11) is 0. The molecule has 4 nitrogen and oxygen atoms in total. The van der Waals surface area contributed by atoms with Gasteiger partial charge in [0.15, 0.2) is 0 Å². The van der Waals surface area contributed by atoms with Crippen LogP contribution in [0, 0.1) is 13.8 Å². The van der Waals surface area contributed by atoms with Crippen LogP contribution in [0.25, 0.3) is 0 Å². The summed E-state index contributed by atoms with van der Waals surface area (Å²) in [6.45, 7) is 3.75. The minimum Gasteiger partial charge on any atom is -0.154 e. The van der Waals surface area contributed by atoms with Crippen molar-refractivity contribution in [2.75, 3.05) is 5.84 Å². The van der Waals surface area contributed by atoms with Crippen molar-refractivity contribution in [3.05, 3.63) is 17.5 Å². The molecular weight excluding hydrogens is 116 g/mol. The Labute approximate surface area is 53.3 Å². The molecule has 0 bridgehead atoms. The fourth-order valence-corrected chi connectivity index (χ4v) is 0.706. The molecule has 4 heteroatoms. The molecule has 1 rings (SSSR count). The van der Waals surface area contributed by atoms with E-state index in [1.807, 2.05) is 19.9 Å². The molecule has 2 N–H and O–H groups in total. The molecule has 0 aliphatic heterocycles. The molecule has 0 atom stereocenters. The molecule has 48 valence electrons. The Morgan fingerprint density at radius 2 is 1.78 bits per heavy atom. The zero-order valence-corrected chi connectivity index (χ0v) is 5.50. The predicted octanol–water partition coefficient (Wildman–Crippen LogP) is -0.905. The lowest BCUT2D eigenvalue weighted by Crippen LogP contribution is -2.52. The van der Waals surface area contributed by atoms with Gasteiger partial charge in [-0.2, -0.15) is 5.84 Å². The lowest BCUT2D eigenvalue weighted by Gasteiger charge is -1.85. The first-order valence-corrected chi connectivity index (χ1v) is 2.68. The number of nitrogens with zero attached hydrogens (tertiary/aromatic N) is 3. The van der Waals surface area contributed by atoms with Crippen LogP contribution < -0.4 is 10.7 Å². The minimum atomic E-state index is 0.880. The number of nitrogens with two attached hydrogens (primary N) is 1. The van der Waals surface area contributed by atoms with Crippen LogP contribution in [0.3, 0.4) is 0 Å². The summed E-state index contributed by atoms with van der Waals surface area (Å²) in [4.78, 5) is 1.07. The van der Waals surface area contributed by atoms with E-state index in [0.29, 0.717) is 0 Å². The summed E-state index contributed by atoms with van der Waals surface area (Å²) in [5, 5.41) is 7.64. The standard InChI is InChI=1S/C5H9N4/c1-4-3-5(2)8-9(6)7-4/h3H,1-2H3,(H2,6,7,8)/q+1. The van der Waals surface area contributed by atoms with Crippen molar-refractivity contribution in [2.24, 2.45) is 0 Å². The number of nitrogen functional groups attached to an aromatic ring is 1. The van der Waals surface area contributed by atoms with Crippen LogP contribution in [0.4, 0.5) is 0 Å². The van der Waals surface area contributed by atoms with Gasteiger partial charge in [0.25, 0.3) is 0 Å². The third-order valence-corrected chi connectivity index (χ3v) is 0.938. The van der Waals surface area contributed by atoms with Crippen molar-refractivity contribution in [3.63, 3.8) is 0 Å². The van der Waals surface area contributed by atoms with Gasteiger partial charge in [0, 0.05) is 0 Å². The molecule has 0 radical (unpaired) electrons. The van der Waals surface area contributed by atoms with Gasteiger partial charge < -0.3 is 0 Å². The Kier molecular flexibility index (Phi) is 1.30. The van der Waals surface area contributed by atoms with Gasteiger partial charge in [0.1, 0.15) is 16.3 Å². The average molecular weight is 125 g/mol. The van der Waals surface area contributed by atoms with Crippen molar-refractivity contribution < 1.29 is 4.91 Å². The molecule has 0 spiro atoms. The van der Waals surface area contributed by atoms with E-state index in [1.165, 1.54) is 0 Å². The number of rotatable bonds is 0. The summed E-state index contributed by atoms with van der Waals surface area (Å²) >= 11 is 0. The molecule has 0 saturated carbocycles. The Morgan fingerprint density at radius 1 is 1.33 bits per heavy atom. The molecule has 1 heterocycles. The van der Waals surface area contributed by atoms with Gasteiger partial charge in [-0.1, -0.05) is 0 Å². The van der Waals surface area contributed by atoms with Gasteiger partial charge in [-0.05, 0) is 19.9 Å². The molecule has 1 aromatic rings.